The summed E-state index contributed by atoms with van der Waals surface area (Å²) in [5, 5.41) is 4.64. The number of guanidine groups is 1. The molecule has 1 aromatic rings. The molecule has 1 N–H and O–H groups in total. The van der Waals surface area contributed by atoms with Crippen LogP contribution < -0.4 is 5.32 Å². The van der Waals surface area contributed by atoms with Gasteiger partial charge in [-0.1, -0.05) is 12.8 Å². The lowest BCUT2D eigenvalue weighted by atomic mass is 10.1. The predicted molar refractivity (Wildman–Crippen MR) is 124 cm³/mol. The summed E-state index contributed by atoms with van der Waals surface area (Å²) in [6.45, 7) is 9.01. The van der Waals surface area contributed by atoms with Crippen LogP contribution in [0.2, 0.25) is 0 Å². The highest BCUT2D eigenvalue weighted by atomic mass is 127. The number of aliphatic imine (C=N–C) groups is 1. The van der Waals surface area contributed by atoms with Crippen molar-refractivity contribution in [2.75, 3.05) is 32.8 Å². The van der Waals surface area contributed by atoms with Gasteiger partial charge in [-0.2, -0.15) is 0 Å². The molecule has 0 aromatic carbocycles. The lowest BCUT2D eigenvalue weighted by Gasteiger charge is -2.34. The van der Waals surface area contributed by atoms with E-state index >= 15 is 0 Å². The highest BCUT2D eigenvalue weighted by Crippen LogP contribution is 2.26. The van der Waals surface area contributed by atoms with Crippen molar-refractivity contribution in [3.05, 3.63) is 16.1 Å². The van der Waals surface area contributed by atoms with Crippen LogP contribution in [-0.2, 0) is 11.2 Å². The van der Waals surface area contributed by atoms with Crippen molar-refractivity contribution in [2.45, 2.75) is 64.9 Å². The topological polar surface area (TPSA) is 49.8 Å². The number of hydrogen-bond donors (Lipinski definition) is 1. The average molecular weight is 506 g/mol. The third-order valence-corrected chi connectivity index (χ3v) is 6.35. The fourth-order valence-corrected chi connectivity index (χ4v) is 4.66. The number of ether oxygens (including phenoxy) is 1. The van der Waals surface area contributed by atoms with Gasteiger partial charge in [-0.3, -0.25) is 4.99 Å². The van der Waals surface area contributed by atoms with Gasteiger partial charge >= 0.3 is 0 Å². The minimum Gasteiger partial charge on any atom is -0.378 e. The fourth-order valence-electron chi connectivity index (χ4n) is 3.88. The lowest BCUT2D eigenvalue weighted by Crippen LogP contribution is -2.47. The molecule has 3 rings (SSSR count). The normalized spacial score (nSPS) is 19.3. The Bertz CT molecular complexity index is 566. The Morgan fingerprint density at radius 2 is 2.04 bits per heavy atom. The van der Waals surface area contributed by atoms with Crippen LogP contribution in [0.3, 0.4) is 0 Å². The summed E-state index contributed by atoms with van der Waals surface area (Å²) < 4.78 is 6.20. The maximum atomic E-state index is 6.20. The maximum absolute atomic E-state index is 6.20. The van der Waals surface area contributed by atoms with Crippen LogP contribution in [0.25, 0.3) is 0 Å². The molecular formula is C20H35IN4OS. The fraction of sp³-hybridized carbons (Fsp3) is 0.800. The van der Waals surface area contributed by atoms with Crippen molar-refractivity contribution in [2.24, 2.45) is 10.9 Å². The Balaban J connectivity index is 0.00000261. The van der Waals surface area contributed by atoms with Crippen molar-refractivity contribution in [3.63, 3.8) is 0 Å². The molecule has 0 atom stereocenters. The van der Waals surface area contributed by atoms with Crippen LogP contribution in [0.15, 0.2) is 11.2 Å². The van der Waals surface area contributed by atoms with Crippen LogP contribution in [0.4, 0.5) is 0 Å². The number of piperidine rings is 1. The molecule has 0 unspecified atom stereocenters. The molecule has 1 saturated carbocycles. The van der Waals surface area contributed by atoms with E-state index in [0.717, 1.165) is 63.9 Å². The summed E-state index contributed by atoms with van der Waals surface area (Å²) in [5.74, 6) is 1.87. The van der Waals surface area contributed by atoms with E-state index in [-0.39, 0.29) is 24.0 Å². The minimum absolute atomic E-state index is 0. The van der Waals surface area contributed by atoms with Gasteiger partial charge in [0.15, 0.2) is 5.96 Å². The quantitative estimate of drug-likeness (QED) is 0.342. The van der Waals surface area contributed by atoms with Crippen molar-refractivity contribution < 1.29 is 4.74 Å². The zero-order valence-electron chi connectivity index (χ0n) is 16.8. The van der Waals surface area contributed by atoms with Crippen LogP contribution in [0, 0.1) is 12.8 Å². The van der Waals surface area contributed by atoms with Gasteiger partial charge in [-0.25, -0.2) is 4.98 Å². The molecule has 27 heavy (non-hydrogen) atoms. The number of aryl methyl sites for hydroxylation is 1. The first-order chi connectivity index (χ1) is 12.7. The summed E-state index contributed by atoms with van der Waals surface area (Å²) in [4.78, 5) is 12.9. The van der Waals surface area contributed by atoms with Crippen LogP contribution >= 0.6 is 35.3 Å². The molecule has 1 saturated heterocycles. The zero-order chi connectivity index (χ0) is 18.2. The van der Waals surface area contributed by atoms with E-state index in [1.54, 1.807) is 11.3 Å². The lowest BCUT2D eigenvalue weighted by molar-refractivity contribution is 0.00102. The zero-order valence-corrected chi connectivity index (χ0v) is 19.9. The van der Waals surface area contributed by atoms with Crippen molar-refractivity contribution >= 4 is 41.3 Å². The van der Waals surface area contributed by atoms with Crippen molar-refractivity contribution in [1.29, 1.82) is 0 Å². The van der Waals surface area contributed by atoms with Crippen molar-refractivity contribution in [1.82, 2.24) is 15.2 Å². The van der Waals surface area contributed by atoms with Crippen LogP contribution in [0.1, 0.15) is 55.3 Å². The Morgan fingerprint density at radius 1 is 1.30 bits per heavy atom. The SMILES string of the molecule is CCNC(=NCCc1ncc(C)s1)N1CCC(OCC2CCCC2)CC1.I. The van der Waals surface area contributed by atoms with Gasteiger partial charge in [-0.05, 0) is 45.4 Å². The molecule has 2 heterocycles. The summed E-state index contributed by atoms with van der Waals surface area (Å²) in [5.41, 5.74) is 0. The van der Waals surface area contributed by atoms with E-state index in [2.05, 4.69) is 29.0 Å². The molecule has 0 bridgehead atoms. The Kier molecular flexibility index (Phi) is 10.3. The van der Waals surface area contributed by atoms with Gasteiger partial charge in [0.25, 0.3) is 0 Å². The first kappa shape index (κ1) is 22.9. The highest BCUT2D eigenvalue weighted by molar-refractivity contribution is 14.0. The molecule has 2 fully saturated rings. The largest absolute Gasteiger partial charge is 0.378 e. The van der Waals surface area contributed by atoms with E-state index in [1.165, 1.54) is 35.6 Å². The smallest absolute Gasteiger partial charge is 0.193 e. The van der Waals surface area contributed by atoms with Gasteiger partial charge in [-0.15, -0.1) is 35.3 Å². The first-order valence-corrected chi connectivity index (χ1v) is 11.1. The standard InChI is InChI=1S/C20H34N4OS.HI/c1-3-21-20(22-11-8-19-23-14-16(2)26-19)24-12-9-18(10-13-24)25-15-17-6-4-5-7-17;/h14,17-18H,3-13,15H2,1-2H3,(H,21,22);1H. The molecule has 1 aromatic heterocycles. The second-order valence-electron chi connectivity index (χ2n) is 7.52. The molecule has 0 amide bonds. The molecule has 0 spiro atoms. The summed E-state index contributed by atoms with van der Waals surface area (Å²) >= 11 is 1.77. The number of aromatic nitrogens is 1. The first-order valence-electron chi connectivity index (χ1n) is 10.3. The second-order valence-corrected chi connectivity index (χ2v) is 8.84. The molecule has 7 heteroatoms. The van der Waals surface area contributed by atoms with Gasteiger partial charge in [0.1, 0.15) is 0 Å². The van der Waals surface area contributed by atoms with Crippen molar-refractivity contribution in [3.8, 4) is 0 Å². The predicted octanol–water partition coefficient (Wildman–Crippen LogP) is 4.25. The molecule has 154 valence electrons. The number of likely N-dealkylation sites (tertiary alicyclic amines) is 1. The summed E-state index contributed by atoms with van der Waals surface area (Å²) in [7, 11) is 0. The third kappa shape index (κ3) is 7.49. The Hall–Kier alpha value is -0.410. The molecule has 1 aliphatic carbocycles. The monoisotopic (exact) mass is 506 g/mol. The molecule has 1 aliphatic heterocycles. The number of rotatable bonds is 7. The molecular weight excluding hydrogens is 471 g/mol. The maximum Gasteiger partial charge on any atom is 0.193 e. The second kappa shape index (κ2) is 12.2. The van der Waals surface area contributed by atoms with E-state index in [1.807, 2.05) is 6.20 Å². The number of thiazole rings is 1. The highest BCUT2D eigenvalue weighted by Gasteiger charge is 2.23. The van der Waals surface area contributed by atoms with Crippen LogP contribution in [-0.4, -0.2) is 54.7 Å². The van der Waals surface area contributed by atoms with Gasteiger partial charge < -0.3 is 15.0 Å². The molecule has 5 nitrogen and oxygen atoms in total. The average Bonchev–Trinajstić information content (AvgIpc) is 3.31. The Labute approximate surface area is 185 Å². The van der Waals surface area contributed by atoms with E-state index in [0.29, 0.717) is 6.10 Å². The number of nitrogens with one attached hydrogen (secondary N) is 1. The van der Waals surface area contributed by atoms with Gasteiger partial charge in [0.05, 0.1) is 11.1 Å². The number of nitrogens with zero attached hydrogens (tertiary/aromatic N) is 3. The van der Waals surface area contributed by atoms with Gasteiger partial charge in [0, 0.05) is 50.3 Å². The van der Waals surface area contributed by atoms with E-state index < -0.39 is 0 Å². The number of halogens is 1. The van der Waals surface area contributed by atoms with E-state index in [9.17, 15) is 0 Å². The molecule has 2 aliphatic rings. The molecule has 0 radical (unpaired) electrons. The van der Waals surface area contributed by atoms with Crippen LogP contribution in [0.5, 0.6) is 0 Å². The van der Waals surface area contributed by atoms with Gasteiger partial charge in [0.2, 0.25) is 0 Å². The summed E-state index contributed by atoms with van der Waals surface area (Å²) in [6.07, 6.45) is 11.1. The number of hydrogen-bond acceptors (Lipinski definition) is 4. The minimum atomic E-state index is 0. The summed E-state index contributed by atoms with van der Waals surface area (Å²) in [6, 6.07) is 0. The third-order valence-electron chi connectivity index (χ3n) is 5.38. The van der Waals surface area contributed by atoms with E-state index in [4.69, 9.17) is 9.73 Å². The Morgan fingerprint density at radius 3 is 2.67 bits per heavy atom.